The molecule has 108 valence electrons. The highest BCUT2D eigenvalue weighted by Gasteiger charge is 2.44. The summed E-state index contributed by atoms with van der Waals surface area (Å²) in [5.41, 5.74) is 4.36. The van der Waals surface area contributed by atoms with Crippen molar-refractivity contribution < 1.29 is 4.79 Å². The van der Waals surface area contributed by atoms with E-state index in [1.165, 1.54) is 0 Å². The largest absolute Gasteiger partial charge is 0.360 e. The quantitative estimate of drug-likeness (QED) is 0.656. The Morgan fingerprint density at radius 2 is 2.24 bits per heavy atom. The summed E-state index contributed by atoms with van der Waals surface area (Å²) in [6, 6.07) is 9.10. The third kappa shape index (κ3) is 3.28. The van der Waals surface area contributed by atoms with Gasteiger partial charge in [0.2, 0.25) is 5.91 Å². The first-order valence-corrected chi connectivity index (χ1v) is 7.32. The number of H-pyrrole nitrogens is 1. The van der Waals surface area contributed by atoms with Crippen LogP contribution in [0.1, 0.15) is 23.6 Å². The van der Waals surface area contributed by atoms with Gasteiger partial charge in [0.05, 0.1) is 11.9 Å². The zero-order valence-electron chi connectivity index (χ0n) is 11.0. The van der Waals surface area contributed by atoms with Gasteiger partial charge in [0.1, 0.15) is 0 Å². The third-order valence-electron chi connectivity index (χ3n) is 3.49. The van der Waals surface area contributed by atoms with Gasteiger partial charge in [0, 0.05) is 22.2 Å². The Morgan fingerprint density at radius 1 is 1.38 bits per heavy atom. The van der Waals surface area contributed by atoms with E-state index in [2.05, 4.69) is 15.5 Å². The van der Waals surface area contributed by atoms with E-state index in [0.717, 1.165) is 17.7 Å². The lowest BCUT2D eigenvalue weighted by atomic mass is 10.1. The van der Waals surface area contributed by atoms with Crippen LogP contribution < -0.4 is 5.43 Å². The molecule has 1 heterocycles. The molecule has 0 spiro atoms. The Morgan fingerprint density at radius 3 is 2.95 bits per heavy atom. The Hall–Kier alpha value is -1.78. The summed E-state index contributed by atoms with van der Waals surface area (Å²) in [5.74, 6) is -0.0197. The van der Waals surface area contributed by atoms with Crippen LogP contribution in [0.25, 0.3) is 0 Å². The molecule has 1 amide bonds. The summed E-state index contributed by atoms with van der Waals surface area (Å²) >= 11 is 12.0. The molecule has 1 saturated carbocycles. The number of carbonyl (C=O) groups is 1. The number of halogens is 2. The minimum atomic E-state index is -0.0891. The molecule has 1 aromatic heterocycles. The van der Waals surface area contributed by atoms with E-state index in [9.17, 15) is 4.79 Å². The third-order valence-corrected chi connectivity index (χ3v) is 4.05. The minimum absolute atomic E-state index is 0.0792. The zero-order valence-corrected chi connectivity index (χ0v) is 12.5. The number of nitrogens with zero attached hydrogens (tertiary/aromatic N) is 1. The average Bonchev–Trinajstić information content (AvgIpc) is 3.06. The van der Waals surface area contributed by atoms with Crippen LogP contribution in [0, 0.1) is 5.92 Å². The van der Waals surface area contributed by atoms with Gasteiger partial charge in [-0.1, -0.05) is 29.3 Å². The second-order valence-corrected chi connectivity index (χ2v) is 5.82. The molecular formula is C15H13Cl2N3O. The molecule has 2 N–H and O–H groups in total. The fourth-order valence-electron chi connectivity index (χ4n) is 2.30. The minimum Gasteiger partial charge on any atom is -0.360 e. The van der Waals surface area contributed by atoms with Crippen molar-refractivity contribution in [2.45, 2.75) is 12.3 Å². The van der Waals surface area contributed by atoms with Crippen molar-refractivity contribution in [2.24, 2.45) is 11.0 Å². The maximum atomic E-state index is 12.0. The second-order valence-electron chi connectivity index (χ2n) is 4.97. The summed E-state index contributed by atoms with van der Waals surface area (Å²) in [6.45, 7) is 0. The molecule has 1 aliphatic carbocycles. The molecule has 0 saturated heterocycles. The van der Waals surface area contributed by atoms with Crippen LogP contribution in [0.15, 0.2) is 41.6 Å². The average molecular weight is 322 g/mol. The van der Waals surface area contributed by atoms with Gasteiger partial charge in [-0.2, -0.15) is 5.10 Å². The molecule has 2 atom stereocenters. The van der Waals surface area contributed by atoms with Crippen molar-refractivity contribution >= 4 is 35.3 Å². The van der Waals surface area contributed by atoms with Crippen LogP contribution >= 0.6 is 23.2 Å². The molecule has 6 heteroatoms. The molecule has 0 aliphatic heterocycles. The predicted molar refractivity (Wildman–Crippen MR) is 83.8 cm³/mol. The van der Waals surface area contributed by atoms with Crippen LogP contribution in [0.3, 0.4) is 0 Å². The molecule has 2 unspecified atom stereocenters. The molecule has 0 radical (unpaired) electrons. The molecule has 2 aromatic rings. The number of aromatic nitrogens is 1. The number of hydrazone groups is 1. The van der Waals surface area contributed by atoms with Crippen molar-refractivity contribution in [2.75, 3.05) is 0 Å². The van der Waals surface area contributed by atoms with Crippen LogP contribution in [0.4, 0.5) is 0 Å². The van der Waals surface area contributed by atoms with Crippen molar-refractivity contribution in [1.82, 2.24) is 10.4 Å². The molecule has 3 rings (SSSR count). The van der Waals surface area contributed by atoms with Gasteiger partial charge in [-0.3, -0.25) is 4.79 Å². The summed E-state index contributed by atoms with van der Waals surface area (Å²) < 4.78 is 0. The Balaban J connectivity index is 1.58. The van der Waals surface area contributed by atoms with Crippen molar-refractivity contribution in [3.8, 4) is 0 Å². The van der Waals surface area contributed by atoms with Crippen molar-refractivity contribution in [3.63, 3.8) is 0 Å². The smallest absolute Gasteiger partial charge is 0.243 e. The highest BCUT2D eigenvalue weighted by atomic mass is 35.5. The number of amides is 1. The number of hydrogen-bond donors (Lipinski definition) is 2. The van der Waals surface area contributed by atoms with Crippen LogP contribution in [-0.4, -0.2) is 17.1 Å². The van der Waals surface area contributed by atoms with Crippen LogP contribution in [-0.2, 0) is 4.79 Å². The van der Waals surface area contributed by atoms with Crippen LogP contribution in [0.5, 0.6) is 0 Å². The maximum absolute atomic E-state index is 12.0. The number of aromatic amines is 1. The fraction of sp³-hybridized carbons (Fsp3) is 0.200. The lowest BCUT2D eigenvalue weighted by Crippen LogP contribution is -2.20. The van der Waals surface area contributed by atoms with Crippen LogP contribution in [0.2, 0.25) is 10.0 Å². The van der Waals surface area contributed by atoms with E-state index in [0.29, 0.717) is 10.0 Å². The first-order valence-electron chi connectivity index (χ1n) is 6.56. The van der Waals surface area contributed by atoms with E-state index >= 15 is 0 Å². The molecular weight excluding hydrogens is 309 g/mol. The first kappa shape index (κ1) is 14.2. The van der Waals surface area contributed by atoms with Gasteiger partial charge < -0.3 is 4.98 Å². The van der Waals surface area contributed by atoms with E-state index < -0.39 is 0 Å². The number of carbonyl (C=O) groups excluding carboxylic acids is 1. The standard InChI is InChI=1S/C15H13Cl2N3O/c16-9-3-4-11(14(17)6-9)12-7-13(12)15(21)20-19-8-10-2-1-5-18-10/h1-6,8,12-13,18H,7H2,(H,20,21)/b19-8+. The summed E-state index contributed by atoms with van der Waals surface area (Å²) in [6.07, 6.45) is 4.15. The highest BCUT2D eigenvalue weighted by Crippen LogP contribution is 2.49. The summed E-state index contributed by atoms with van der Waals surface area (Å²) in [5, 5.41) is 5.14. The molecule has 1 aliphatic rings. The lowest BCUT2D eigenvalue weighted by molar-refractivity contribution is -0.122. The Bertz CT molecular complexity index is 682. The van der Waals surface area contributed by atoms with Crippen molar-refractivity contribution in [1.29, 1.82) is 0 Å². The van der Waals surface area contributed by atoms with Crippen molar-refractivity contribution in [3.05, 3.63) is 57.8 Å². The molecule has 1 aromatic carbocycles. The molecule has 4 nitrogen and oxygen atoms in total. The van der Waals surface area contributed by atoms with E-state index in [1.54, 1.807) is 24.5 Å². The zero-order chi connectivity index (χ0) is 14.8. The van der Waals surface area contributed by atoms with E-state index in [1.807, 2.05) is 18.2 Å². The number of hydrogen-bond acceptors (Lipinski definition) is 2. The number of rotatable bonds is 4. The van der Waals surface area contributed by atoms with Gasteiger partial charge >= 0.3 is 0 Å². The fourth-order valence-corrected chi connectivity index (χ4v) is 2.85. The van der Waals surface area contributed by atoms with Gasteiger partial charge in [0.15, 0.2) is 0 Å². The highest BCUT2D eigenvalue weighted by molar-refractivity contribution is 6.35. The maximum Gasteiger partial charge on any atom is 0.243 e. The van der Waals surface area contributed by atoms with Gasteiger partial charge in [0.25, 0.3) is 0 Å². The monoisotopic (exact) mass is 321 g/mol. The van der Waals surface area contributed by atoms with Gasteiger partial charge in [-0.15, -0.1) is 0 Å². The SMILES string of the molecule is O=C(N/N=C/c1ccc[nH]1)C1CC1c1ccc(Cl)cc1Cl. The molecule has 0 bridgehead atoms. The van der Waals surface area contributed by atoms with E-state index in [-0.39, 0.29) is 17.7 Å². The lowest BCUT2D eigenvalue weighted by Gasteiger charge is -2.03. The number of nitrogens with one attached hydrogen (secondary N) is 2. The number of benzene rings is 1. The molecule has 1 fully saturated rings. The predicted octanol–water partition coefficient (Wildman–Crippen LogP) is 3.58. The van der Waals surface area contributed by atoms with E-state index in [4.69, 9.17) is 23.2 Å². The van der Waals surface area contributed by atoms with Gasteiger partial charge in [-0.25, -0.2) is 5.43 Å². The Labute approximate surface area is 132 Å². The Kier molecular flexibility index (Phi) is 3.99. The molecule has 21 heavy (non-hydrogen) atoms. The van der Waals surface area contributed by atoms with Gasteiger partial charge in [-0.05, 0) is 42.2 Å². The normalized spacial score (nSPS) is 20.7. The summed E-state index contributed by atoms with van der Waals surface area (Å²) in [4.78, 5) is 15.0. The second kappa shape index (κ2) is 5.92. The topological polar surface area (TPSA) is 57.2 Å². The summed E-state index contributed by atoms with van der Waals surface area (Å²) in [7, 11) is 0. The first-order chi connectivity index (χ1) is 10.1.